The number of carbonyl (C=O) groups is 2. The minimum atomic E-state index is -0.162. The van der Waals surface area contributed by atoms with Gasteiger partial charge >= 0.3 is 0 Å². The summed E-state index contributed by atoms with van der Waals surface area (Å²) in [6, 6.07) is 18.0. The molecule has 0 amide bonds. The summed E-state index contributed by atoms with van der Waals surface area (Å²) in [4.78, 5) is 30.1. The molecule has 0 saturated carbocycles. The third-order valence-corrected chi connectivity index (χ3v) is 4.73. The molecule has 1 aliphatic rings. The Kier molecular flexibility index (Phi) is 2.97. The number of carbonyl (C=O) groups excluding carboxylic acids is 2. The van der Waals surface area contributed by atoms with Gasteiger partial charge in [-0.15, -0.1) is 0 Å². The Balaban J connectivity index is 1.70. The fourth-order valence-electron chi connectivity index (χ4n) is 3.34. The highest BCUT2D eigenvalue weighted by Crippen LogP contribution is 2.32. The summed E-state index contributed by atoms with van der Waals surface area (Å²) in [5.41, 5.74) is 4.69. The van der Waals surface area contributed by atoms with Crippen molar-refractivity contribution in [2.75, 3.05) is 0 Å². The number of aryl methyl sites for hydroxylation is 1. The minimum absolute atomic E-state index is 0.156. The number of fused-ring (bicyclic) bond motifs is 3. The molecule has 0 fully saturated rings. The van der Waals surface area contributed by atoms with Crippen LogP contribution in [0.15, 0.2) is 65.1 Å². The van der Waals surface area contributed by atoms with Crippen LogP contribution >= 0.6 is 0 Å². The maximum Gasteiger partial charge on any atom is 0.227 e. The maximum absolute atomic E-state index is 12.8. The standard InChI is InChI=1S/C22H13NO3/c1-12-6-8-13(9-7-12)22-23-18-10-16-17(11-19(18)26-22)21(25)15-5-3-2-4-14(15)20(16)24/h2-11H,1H3. The molecular formula is C22H13NO3. The Labute approximate surface area is 149 Å². The zero-order valence-electron chi connectivity index (χ0n) is 13.9. The Morgan fingerprint density at radius 1 is 0.769 bits per heavy atom. The molecule has 0 N–H and O–H groups in total. The zero-order valence-corrected chi connectivity index (χ0v) is 13.9. The van der Waals surface area contributed by atoms with Crippen molar-refractivity contribution in [3.05, 3.63) is 88.5 Å². The largest absolute Gasteiger partial charge is 0.436 e. The molecule has 0 aliphatic heterocycles. The van der Waals surface area contributed by atoms with Crippen LogP contribution in [0.2, 0.25) is 0 Å². The Bertz CT molecular complexity index is 1140. The van der Waals surface area contributed by atoms with E-state index in [4.69, 9.17) is 4.42 Å². The lowest BCUT2D eigenvalue weighted by atomic mass is 9.84. The fraction of sp³-hybridized carbons (Fsp3) is 0.0455. The normalized spacial score (nSPS) is 13.0. The topological polar surface area (TPSA) is 60.2 Å². The molecule has 26 heavy (non-hydrogen) atoms. The summed E-state index contributed by atoms with van der Waals surface area (Å²) >= 11 is 0. The van der Waals surface area contributed by atoms with Crippen molar-refractivity contribution >= 4 is 22.7 Å². The van der Waals surface area contributed by atoms with E-state index in [0.29, 0.717) is 39.2 Å². The van der Waals surface area contributed by atoms with Crippen molar-refractivity contribution in [1.29, 1.82) is 0 Å². The van der Waals surface area contributed by atoms with Gasteiger partial charge in [-0.3, -0.25) is 9.59 Å². The van der Waals surface area contributed by atoms with Crippen molar-refractivity contribution < 1.29 is 14.0 Å². The molecular weight excluding hydrogens is 326 g/mol. The van der Waals surface area contributed by atoms with Crippen LogP contribution in [0.25, 0.3) is 22.6 Å². The Morgan fingerprint density at radius 3 is 2.04 bits per heavy atom. The van der Waals surface area contributed by atoms with Crippen LogP contribution in [0.4, 0.5) is 0 Å². The summed E-state index contributed by atoms with van der Waals surface area (Å²) in [5, 5.41) is 0. The molecule has 0 unspecified atom stereocenters. The summed E-state index contributed by atoms with van der Waals surface area (Å²) < 4.78 is 5.86. The second-order valence-corrected chi connectivity index (χ2v) is 6.45. The first-order valence-corrected chi connectivity index (χ1v) is 8.32. The maximum atomic E-state index is 12.8. The number of oxazole rings is 1. The molecule has 1 aliphatic carbocycles. The van der Waals surface area contributed by atoms with Gasteiger partial charge < -0.3 is 4.42 Å². The molecule has 0 spiro atoms. The molecule has 1 aromatic heterocycles. The molecule has 0 saturated heterocycles. The minimum Gasteiger partial charge on any atom is -0.436 e. The average molecular weight is 339 g/mol. The lowest BCUT2D eigenvalue weighted by Gasteiger charge is -2.16. The van der Waals surface area contributed by atoms with Crippen LogP contribution < -0.4 is 0 Å². The molecule has 4 nitrogen and oxygen atoms in total. The monoisotopic (exact) mass is 339 g/mol. The van der Waals surface area contributed by atoms with E-state index in [1.54, 1.807) is 36.4 Å². The van der Waals surface area contributed by atoms with Crippen molar-refractivity contribution in [3.63, 3.8) is 0 Å². The van der Waals surface area contributed by atoms with E-state index in [-0.39, 0.29) is 11.6 Å². The zero-order chi connectivity index (χ0) is 17.8. The average Bonchev–Trinajstić information content (AvgIpc) is 3.08. The molecule has 3 aromatic carbocycles. The Morgan fingerprint density at radius 2 is 1.38 bits per heavy atom. The first-order valence-electron chi connectivity index (χ1n) is 8.32. The quantitative estimate of drug-likeness (QED) is 0.448. The third-order valence-electron chi connectivity index (χ3n) is 4.73. The number of benzene rings is 3. The van der Waals surface area contributed by atoms with Crippen LogP contribution in [0.5, 0.6) is 0 Å². The number of hydrogen-bond donors (Lipinski definition) is 0. The lowest BCUT2D eigenvalue weighted by molar-refractivity contribution is 0.0979. The van der Waals surface area contributed by atoms with Gasteiger partial charge in [-0.05, 0) is 31.2 Å². The van der Waals surface area contributed by atoms with Crippen molar-refractivity contribution in [2.45, 2.75) is 6.92 Å². The van der Waals surface area contributed by atoms with Crippen LogP contribution in [-0.2, 0) is 0 Å². The molecule has 5 rings (SSSR count). The highest BCUT2D eigenvalue weighted by atomic mass is 16.3. The van der Waals surface area contributed by atoms with Gasteiger partial charge in [0, 0.05) is 27.8 Å². The highest BCUT2D eigenvalue weighted by molar-refractivity contribution is 6.29. The van der Waals surface area contributed by atoms with Gasteiger partial charge in [-0.25, -0.2) is 4.98 Å². The second-order valence-electron chi connectivity index (χ2n) is 6.45. The van der Waals surface area contributed by atoms with E-state index in [0.717, 1.165) is 11.1 Å². The van der Waals surface area contributed by atoms with Crippen molar-refractivity contribution in [2.24, 2.45) is 0 Å². The summed E-state index contributed by atoms with van der Waals surface area (Å²) in [6.45, 7) is 2.01. The van der Waals surface area contributed by atoms with E-state index in [1.165, 1.54) is 0 Å². The van der Waals surface area contributed by atoms with E-state index in [1.807, 2.05) is 31.2 Å². The van der Waals surface area contributed by atoms with E-state index in [9.17, 15) is 9.59 Å². The summed E-state index contributed by atoms with van der Waals surface area (Å²) in [7, 11) is 0. The summed E-state index contributed by atoms with van der Waals surface area (Å²) in [6.07, 6.45) is 0. The Hall–Kier alpha value is -3.53. The number of hydrogen-bond acceptors (Lipinski definition) is 4. The van der Waals surface area contributed by atoms with Crippen LogP contribution in [-0.4, -0.2) is 16.6 Å². The van der Waals surface area contributed by atoms with Gasteiger partial charge in [0.15, 0.2) is 17.1 Å². The molecule has 4 aromatic rings. The molecule has 0 atom stereocenters. The summed E-state index contributed by atoms with van der Waals surface area (Å²) in [5.74, 6) is 0.155. The number of nitrogens with zero attached hydrogens (tertiary/aromatic N) is 1. The van der Waals surface area contributed by atoms with Crippen LogP contribution in [0.1, 0.15) is 37.4 Å². The predicted molar refractivity (Wildman–Crippen MR) is 97.5 cm³/mol. The third kappa shape index (κ3) is 2.05. The van der Waals surface area contributed by atoms with Gasteiger partial charge in [0.05, 0.1) is 0 Å². The first-order chi connectivity index (χ1) is 12.6. The van der Waals surface area contributed by atoms with Gasteiger partial charge in [0.1, 0.15) is 5.52 Å². The van der Waals surface area contributed by atoms with Gasteiger partial charge in [0.2, 0.25) is 5.89 Å². The van der Waals surface area contributed by atoms with E-state index in [2.05, 4.69) is 4.98 Å². The lowest BCUT2D eigenvalue weighted by Crippen LogP contribution is -2.20. The highest BCUT2D eigenvalue weighted by Gasteiger charge is 2.30. The van der Waals surface area contributed by atoms with Crippen molar-refractivity contribution in [1.82, 2.24) is 4.98 Å². The van der Waals surface area contributed by atoms with Gasteiger partial charge in [-0.1, -0.05) is 42.0 Å². The molecule has 124 valence electrons. The smallest absolute Gasteiger partial charge is 0.227 e. The number of ketones is 2. The SMILES string of the molecule is Cc1ccc(-c2nc3cc4c(cc3o2)C(=O)c2ccccc2C4=O)cc1. The number of rotatable bonds is 1. The van der Waals surface area contributed by atoms with Gasteiger partial charge in [-0.2, -0.15) is 0 Å². The predicted octanol–water partition coefficient (Wildman–Crippen LogP) is 4.58. The molecule has 4 heteroatoms. The van der Waals surface area contributed by atoms with Crippen molar-refractivity contribution in [3.8, 4) is 11.5 Å². The van der Waals surface area contributed by atoms with Gasteiger partial charge in [0.25, 0.3) is 0 Å². The number of aromatic nitrogens is 1. The molecule has 0 radical (unpaired) electrons. The van der Waals surface area contributed by atoms with Crippen LogP contribution in [0.3, 0.4) is 0 Å². The second kappa shape index (κ2) is 5.23. The fourth-order valence-corrected chi connectivity index (χ4v) is 3.34. The first kappa shape index (κ1) is 14.8. The van der Waals surface area contributed by atoms with E-state index < -0.39 is 0 Å². The van der Waals surface area contributed by atoms with Crippen LogP contribution in [0, 0.1) is 6.92 Å². The molecule has 0 bridgehead atoms. The molecule has 1 heterocycles. The van der Waals surface area contributed by atoms with E-state index >= 15 is 0 Å².